The van der Waals surface area contributed by atoms with Crippen molar-refractivity contribution < 1.29 is 9.47 Å². The fourth-order valence-electron chi connectivity index (χ4n) is 1.74. The predicted molar refractivity (Wildman–Crippen MR) is 64.5 cm³/mol. The average Bonchev–Trinajstić information content (AvgIpc) is 2.36. The summed E-state index contributed by atoms with van der Waals surface area (Å²) in [5.41, 5.74) is 0.795. The molecule has 2 rings (SSSR count). The lowest BCUT2D eigenvalue weighted by Crippen LogP contribution is -2.20. The summed E-state index contributed by atoms with van der Waals surface area (Å²) in [6.45, 7) is 3.67. The van der Waals surface area contributed by atoms with Crippen LogP contribution in [0.3, 0.4) is 0 Å². The van der Waals surface area contributed by atoms with E-state index in [1.165, 1.54) is 0 Å². The van der Waals surface area contributed by atoms with E-state index in [0.29, 0.717) is 36.3 Å². The summed E-state index contributed by atoms with van der Waals surface area (Å²) < 4.78 is 10.9. The number of ether oxygens (including phenoxy) is 2. The van der Waals surface area contributed by atoms with Gasteiger partial charge in [-0.15, -0.1) is 0 Å². The Kier molecular flexibility index (Phi) is 3.72. The number of rotatable bonds is 3. The molecule has 1 aliphatic heterocycles. The van der Waals surface area contributed by atoms with Gasteiger partial charge in [-0.25, -0.2) is 0 Å². The van der Waals surface area contributed by atoms with Crippen molar-refractivity contribution in [2.75, 3.05) is 19.8 Å². The first-order valence-corrected chi connectivity index (χ1v) is 5.86. The van der Waals surface area contributed by atoms with E-state index in [2.05, 4.69) is 11.4 Å². The van der Waals surface area contributed by atoms with Crippen molar-refractivity contribution in [1.82, 2.24) is 5.32 Å². The molecule has 1 atom stereocenters. The minimum Gasteiger partial charge on any atom is -0.486 e. The minimum absolute atomic E-state index is 0.381. The minimum atomic E-state index is -0.381. The van der Waals surface area contributed by atoms with Crippen LogP contribution in [0.4, 0.5) is 0 Å². The lowest BCUT2D eigenvalue weighted by molar-refractivity contribution is 0.171. The van der Waals surface area contributed by atoms with Crippen molar-refractivity contribution in [3.05, 3.63) is 22.7 Å². The SMILES string of the molecule is CCNC(C#N)c1cc(Cl)c2c(c1)OCCO2. The van der Waals surface area contributed by atoms with Gasteiger partial charge in [-0.3, -0.25) is 5.32 Å². The zero-order valence-electron chi connectivity index (χ0n) is 9.50. The Morgan fingerprint density at radius 1 is 1.47 bits per heavy atom. The van der Waals surface area contributed by atoms with Crippen LogP contribution in [0.15, 0.2) is 12.1 Å². The lowest BCUT2D eigenvalue weighted by atomic mass is 10.1. The summed E-state index contributed by atoms with van der Waals surface area (Å²) in [4.78, 5) is 0. The molecule has 0 bridgehead atoms. The van der Waals surface area contributed by atoms with Crippen LogP contribution in [0.2, 0.25) is 5.02 Å². The van der Waals surface area contributed by atoms with Gasteiger partial charge in [0.1, 0.15) is 19.3 Å². The highest BCUT2D eigenvalue weighted by molar-refractivity contribution is 6.32. The molecule has 0 fully saturated rings. The van der Waals surface area contributed by atoms with Crippen molar-refractivity contribution in [3.63, 3.8) is 0 Å². The number of nitrogens with zero attached hydrogens (tertiary/aromatic N) is 1. The van der Waals surface area contributed by atoms with Gasteiger partial charge in [-0.05, 0) is 24.2 Å². The highest BCUT2D eigenvalue weighted by Gasteiger charge is 2.19. The maximum Gasteiger partial charge on any atom is 0.179 e. The fraction of sp³-hybridized carbons (Fsp3) is 0.417. The third-order valence-corrected chi connectivity index (χ3v) is 2.77. The quantitative estimate of drug-likeness (QED) is 0.897. The van der Waals surface area contributed by atoms with E-state index >= 15 is 0 Å². The molecule has 1 N–H and O–H groups in total. The number of hydrogen-bond acceptors (Lipinski definition) is 4. The normalized spacial score (nSPS) is 15.1. The molecule has 90 valence electrons. The zero-order chi connectivity index (χ0) is 12.3. The molecule has 0 saturated carbocycles. The van der Waals surface area contributed by atoms with E-state index in [-0.39, 0.29) is 6.04 Å². The van der Waals surface area contributed by atoms with Crippen molar-refractivity contribution in [2.24, 2.45) is 0 Å². The third-order valence-electron chi connectivity index (χ3n) is 2.49. The molecule has 1 unspecified atom stereocenters. The van der Waals surface area contributed by atoms with E-state index in [1.54, 1.807) is 12.1 Å². The van der Waals surface area contributed by atoms with Crippen LogP contribution in [-0.4, -0.2) is 19.8 Å². The molecular formula is C12H13ClN2O2. The number of halogens is 1. The van der Waals surface area contributed by atoms with Crippen LogP contribution in [0.25, 0.3) is 0 Å². The number of benzene rings is 1. The van der Waals surface area contributed by atoms with Crippen molar-refractivity contribution in [3.8, 4) is 17.6 Å². The number of nitrogens with one attached hydrogen (secondary N) is 1. The topological polar surface area (TPSA) is 54.3 Å². The summed E-state index contributed by atoms with van der Waals surface area (Å²) in [5, 5.41) is 12.6. The molecule has 1 aliphatic rings. The fourth-order valence-corrected chi connectivity index (χ4v) is 2.01. The Hall–Kier alpha value is -1.44. The van der Waals surface area contributed by atoms with E-state index in [0.717, 1.165) is 5.56 Å². The van der Waals surface area contributed by atoms with Gasteiger partial charge < -0.3 is 9.47 Å². The summed E-state index contributed by atoms with van der Waals surface area (Å²) >= 11 is 6.11. The molecule has 1 aromatic carbocycles. The van der Waals surface area contributed by atoms with Gasteiger partial charge in [-0.2, -0.15) is 5.26 Å². The molecule has 0 amide bonds. The summed E-state index contributed by atoms with van der Waals surface area (Å²) in [7, 11) is 0. The van der Waals surface area contributed by atoms with Crippen molar-refractivity contribution in [1.29, 1.82) is 5.26 Å². The highest BCUT2D eigenvalue weighted by Crippen LogP contribution is 2.39. The van der Waals surface area contributed by atoms with Crippen LogP contribution >= 0.6 is 11.6 Å². The number of nitriles is 1. The largest absolute Gasteiger partial charge is 0.486 e. The van der Waals surface area contributed by atoms with E-state index in [9.17, 15) is 0 Å². The number of fused-ring (bicyclic) bond motifs is 1. The second-order valence-corrected chi connectivity index (χ2v) is 4.05. The summed E-state index contributed by atoms with van der Waals surface area (Å²) in [6.07, 6.45) is 0. The first-order valence-electron chi connectivity index (χ1n) is 5.48. The van der Waals surface area contributed by atoms with Crippen molar-refractivity contribution >= 4 is 11.6 Å². The first-order chi connectivity index (χ1) is 8.26. The Morgan fingerprint density at radius 2 is 2.24 bits per heavy atom. The zero-order valence-corrected chi connectivity index (χ0v) is 10.3. The molecular weight excluding hydrogens is 240 g/mol. The van der Waals surface area contributed by atoms with Gasteiger partial charge in [0.2, 0.25) is 0 Å². The molecule has 1 aromatic rings. The monoisotopic (exact) mass is 252 g/mol. The van der Waals surface area contributed by atoms with Gasteiger partial charge in [0.05, 0.1) is 11.1 Å². The first kappa shape index (κ1) is 12.0. The predicted octanol–water partition coefficient (Wildman–Crippen LogP) is 2.29. The number of hydrogen-bond donors (Lipinski definition) is 1. The van der Waals surface area contributed by atoms with E-state index in [1.807, 2.05) is 6.92 Å². The highest BCUT2D eigenvalue weighted by atomic mass is 35.5. The molecule has 0 aromatic heterocycles. The Bertz CT molecular complexity index is 457. The van der Waals surface area contributed by atoms with Crippen LogP contribution in [0.1, 0.15) is 18.5 Å². The molecule has 5 heteroatoms. The molecule has 0 spiro atoms. The van der Waals surface area contributed by atoms with E-state index < -0.39 is 0 Å². The maximum atomic E-state index is 9.08. The lowest BCUT2D eigenvalue weighted by Gasteiger charge is -2.21. The van der Waals surface area contributed by atoms with Crippen LogP contribution in [0.5, 0.6) is 11.5 Å². The van der Waals surface area contributed by atoms with Gasteiger partial charge in [0.25, 0.3) is 0 Å². The Labute approximate surface area is 105 Å². The molecule has 0 radical (unpaired) electrons. The van der Waals surface area contributed by atoms with Crippen molar-refractivity contribution in [2.45, 2.75) is 13.0 Å². The molecule has 0 saturated heterocycles. The smallest absolute Gasteiger partial charge is 0.179 e. The van der Waals surface area contributed by atoms with Gasteiger partial charge in [-0.1, -0.05) is 18.5 Å². The second kappa shape index (κ2) is 5.26. The Morgan fingerprint density at radius 3 is 2.94 bits per heavy atom. The van der Waals surface area contributed by atoms with Crippen LogP contribution < -0.4 is 14.8 Å². The van der Waals surface area contributed by atoms with Crippen LogP contribution in [-0.2, 0) is 0 Å². The maximum absolute atomic E-state index is 9.08. The van der Waals surface area contributed by atoms with Gasteiger partial charge in [0.15, 0.2) is 11.5 Å². The molecule has 4 nitrogen and oxygen atoms in total. The van der Waals surface area contributed by atoms with E-state index in [4.69, 9.17) is 26.3 Å². The molecule has 1 heterocycles. The average molecular weight is 253 g/mol. The second-order valence-electron chi connectivity index (χ2n) is 3.65. The standard InChI is InChI=1S/C12H13ClN2O2/c1-2-15-10(7-14)8-5-9(13)12-11(6-8)16-3-4-17-12/h5-6,10,15H,2-4H2,1H3. The summed E-state index contributed by atoms with van der Waals surface area (Å²) in [5.74, 6) is 1.17. The third kappa shape index (κ3) is 2.46. The summed E-state index contributed by atoms with van der Waals surface area (Å²) in [6, 6.07) is 5.35. The van der Waals surface area contributed by atoms with Gasteiger partial charge in [0, 0.05) is 0 Å². The van der Waals surface area contributed by atoms with Gasteiger partial charge >= 0.3 is 0 Å². The molecule has 17 heavy (non-hydrogen) atoms. The Balaban J connectivity index is 2.36. The van der Waals surface area contributed by atoms with Crippen LogP contribution in [0, 0.1) is 11.3 Å². The molecule has 0 aliphatic carbocycles.